The fraction of sp³-hybridized carbons (Fsp3) is 0.364. The van der Waals surface area contributed by atoms with Crippen molar-refractivity contribution in [2.45, 2.75) is 6.04 Å². The zero-order valence-electron chi connectivity index (χ0n) is 18.5. The second kappa shape index (κ2) is 9.31. The molecule has 12 heteroatoms. The van der Waals surface area contributed by atoms with Gasteiger partial charge < -0.3 is 20.3 Å². The third kappa shape index (κ3) is 4.54. The molecule has 0 unspecified atom stereocenters. The van der Waals surface area contributed by atoms with E-state index in [1.54, 1.807) is 19.2 Å². The number of anilines is 3. The molecule has 3 aromatic rings. The van der Waals surface area contributed by atoms with E-state index in [0.717, 1.165) is 51.5 Å². The lowest BCUT2D eigenvalue weighted by Gasteiger charge is -2.42. The Balaban J connectivity index is 1.35. The summed E-state index contributed by atoms with van der Waals surface area (Å²) in [5, 5.41) is 9.91. The molecule has 2 saturated heterocycles. The summed E-state index contributed by atoms with van der Waals surface area (Å²) in [6, 6.07) is 7.32. The molecular formula is C22H24F2N8O2. The molecule has 2 fully saturated rings. The first-order valence-corrected chi connectivity index (χ1v) is 10.9. The van der Waals surface area contributed by atoms with Crippen LogP contribution in [0.3, 0.4) is 0 Å². The normalized spacial score (nSPS) is 16.9. The molecule has 0 aliphatic carbocycles. The van der Waals surface area contributed by atoms with Crippen LogP contribution in [0.15, 0.2) is 36.7 Å². The fourth-order valence-electron chi connectivity index (χ4n) is 3.95. The minimum absolute atomic E-state index is 0.201. The van der Waals surface area contributed by atoms with E-state index < -0.39 is 11.6 Å². The third-order valence-electron chi connectivity index (χ3n) is 5.98. The predicted octanol–water partition coefficient (Wildman–Crippen LogP) is 1.56. The molecule has 2 aromatic heterocycles. The maximum absolute atomic E-state index is 13.6. The van der Waals surface area contributed by atoms with E-state index in [4.69, 9.17) is 4.74 Å². The molecule has 34 heavy (non-hydrogen) atoms. The molecule has 0 atom stereocenters. The van der Waals surface area contributed by atoms with E-state index in [0.29, 0.717) is 28.9 Å². The summed E-state index contributed by atoms with van der Waals surface area (Å²) >= 11 is 0. The van der Waals surface area contributed by atoms with Gasteiger partial charge in [0.05, 0.1) is 24.9 Å². The second-order valence-electron chi connectivity index (χ2n) is 8.13. The minimum Gasteiger partial charge on any atom is -0.378 e. The van der Waals surface area contributed by atoms with Gasteiger partial charge in [-0.3, -0.25) is 9.69 Å². The molecule has 1 amide bonds. The molecular weight excluding hydrogens is 446 g/mol. The van der Waals surface area contributed by atoms with Gasteiger partial charge in [-0.1, -0.05) is 0 Å². The Labute approximate surface area is 194 Å². The van der Waals surface area contributed by atoms with Gasteiger partial charge in [0.1, 0.15) is 18.0 Å². The molecule has 4 heterocycles. The molecule has 0 bridgehead atoms. The highest BCUT2D eigenvalue weighted by atomic mass is 19.2. The first-order chi connectivity index (χ1) is 16.5. The molecule has 0 saturated carbocycles. The highest BCUT2D eigenvalue weighted by molar-refractivity contribution is 5.95. The van der Waals surface area contributed by atoms with E-state index in [-0.39, 0.29) is 11.9 Å². The zero-order valence-corrected chi connectivity index (χ0v) is 18.5. The van der Waals surface area contributed by atoms with E-state index in [9.17, 15) is 13.6 Å². The number of carbonyl (C=O) groups excluding carboxylic acids is 1. The minimum atomic E-state index is -0.975. The largest absolute Gasteiger partial charge is 0.378 e. The lowest BCUT2D eigenvalue weighted by molar-refractivity contribution is -0.0660. The van der Waals surface area contributed by atoms with Crippen molar-refractivity contribution in [2.75, 3.05) is 56.7 Å². The lowest BCUT2D eigenvalue weighted by Crippen LogP contribution is -2.56. The Hall–Kier alpha value is -3.64. The quantitative estimate of drug-likeness (QED) is 0.560. The average Bonchev–Trinajstić information content (AvgIpc) is 3.28. The SMILES string of the molecule is CNC(=O)c1cc(Nc2ncn(-c3ccc(F)c(F)c3)n2)nc(N2CCN(C3COC3)CC2)c1. The first kappa shape index (κ1) is 22.2. The molecule has 2 aliphatic heterocycles. The number of halogens is 2. The smallest absolute Gasteiger partial charge is 0.251 e. The Morgan fingerprint density at radius 1 is 1.09 bits per heavy atom. The van der Waals surface area contributed by atoms with Gasteiger partial charge in [0.2, 0.25) is 5.95 Å². The van der Waals surface area contributed by atoms with E-state index >= 15 is 0 Å². The van der Waals surface area contributed by atoms with Crippen molar-refractivity contribution in [1.82, 2.24) is 30.0 Å². The molecule has 1 aromatic carbocycles. The van der Waals surface area contributed by atoms with Crippen LogP contribution in [0.25, 0.3) is 5.69 Å². The molecule has 2 aliphatic rings. The summed E-state index contributed by atoms with van der Waals surface area (Å²) < 4.78 is 33.4. The maximum Gasteiger partial charge on any atom is 0.251 e. The molecule has 10 nitrogen and oxygen atoms in total. The number of rotatable bonds is 6. The molecule has 5 rings (SSSR count). The summed E-state index contributed by atoms with van der Waals surface area (Å²) in [5.41, 5.74) is 0.770. The van der Waals surface area contributed by atoms with E-state index in [1.165, 1.54) is 17.1 Å². The number of carbonyl (C=O) groups is 1. The van der Waals surface area contributed by atoms with Crippen molar-refractivity contribution >= 4 is 23.5 Å². The number of pyridine rings is 1. The number of ether oxygens (including phenoxy) is 1. The number of benzene rings is 1. The van der Waals surface area contributed by atoms with Gasteiger partial charge in [-0.05, 0) is 24.3 Å². The van der Waals surface area contributed by atoms with Crippen LogP contribution in [0.2, 0.25) is 0 Å². The Morgan fingerprint density at radius 3 is 2.56 bits per heavy atom. The van der Waals surface area contributed by atoms with Crippen molar-refractivity contribution in [1.29, 1.82) is 0 Å². The number of nitrogens with one attached hydrogen (secondary N) is 2. The van der Waals surface area contributed by atoms with Crippen molar-refractivity contribution in [3.63, 3.8) is 0 Å². The lowest BCUT2D eigenvalue weighted by atomic mass is 10.1. The van der Waals surface area contributed by atoms with Gasteiger partial charge in [-0.2, -0.15) is 4.98 Å². The number of amides is 1. The second-order valence-corrected chi connectivity index (χ2v) is 8.13. The van der Waals surface area contributed by atoms with Crippen LogP contribution in [-0.4, -0.2) is 83.0 Å². The standard InChI is InChI=1S/C22H24F2N8O2/c1-25-21(33)14-8-19(27-20(9-14)31-6-4-30(5-7-31)16-11-34-12-16)28-22-26-13-32(29-22)15-2-3-17(23)18(24)10-15/h2-3,8-10,13,16H,4-7,11-12H2,1H3,(H,25,33)(H,27,28,29). The fourth-order valence-corrected chi connectivity index (χ4v) is 3.95. The van der Waals surface area contributed by atoms with Crippen molar-refractivity contribution in [2.24, 2.45) is 0 Å². The van der Waals surface area contributed by atoms with Gasteiger partial charge in [-0.25, -0.2) is 18.4 Å². The van der Waals surface area contributed by atoms with Crippen LogP contribution in [-0.2, 0) is 4.74 Å². The monoisotopic (exact) mass is 470 g/mol. The molecule has 178 valence electrons. The summed E-state index contributed by atoms with van der Waals surface area (Å²) in [4.78, 5) is 25.8. The van der Waals surface area contributed by atoms with E-state index in [1.807, 2.05) is 0 Å². The molecule has 2 N–H and O–H groups in total. The Kier molecular flexibility index (Phi) is 6.07. The number of hydrogen-bond acceptors (Lipinski definition) is 8. The third-order valence-corrected chi connectivity index (χ3v) is 5.98. The van der Waals surface area contributed by atoms with Crippen LogP contribution >= 0.6 is 0 Å². The van der Waals surface area contributed by atoms with Crippen LogP contribution in [0.1, 0.15) is 10.4 Å². The highest BCUT2D eigenvalue weighted by Gasteiger charge is 2.29. The molecule has 0 radical (unpaired) electrons. The van der Waals surface area contributed by atoms with Crippen molar-refractivity contribution < 1.29 is 18.3 Å². The first-order valence-electron chi connectivity index (χ1n) is 10.9. The average molecular weight is 470 g/mol. The van der Waals surface area contributed by atoms with Crippen LogP contribution in [0.4, 0.5) is 26.4 Å². The van der Waals surface area contributed by atoms with Crippen LogP contribution in [0.5, 0.6) is 0 Å². The topological polar surface area (TPSA) is 100 Å². The van der Waals surface area contributed by atoms with Gasteiger partial charge in [-0.15, -0.1) is 5.10 Å². The number of hydrogen-bond donors (Lipinski definition) is 2. The summed E-state index contributed by atoms with van der Waals surface area (Å²) in [6.07, 6.45) is 1.38. The van der Waals surface area contributed by atoms with Gasteiger partial charge >= 0.3 is 0 Å². The van der Waals surface area contributed by atoms with Crippen molar-refractivity contribution in [3.8, 4) is 5.69 Å². The zero-order chi connectivity index (χ0) is 23.7. The van der Waals surface area contributed by atoms with Gasteiger partial charge in [0.25, 0.3) is 5.91 Å². The maximum atomic E-state index is 13.6. The number of piperazine rings is 1. The summed E-state index contributed by atoms with van der Waals surface area (Å²) in [5.74, 6) is -0.879. The van der Waals surface area contributed by atoms with Crippen molar-refractivity contribution in [3.05, 3.63) is 53.9 Å². The Bertz CT molecular complexity index is 1190. The number of nitrogens with zero attached hydrogens (tertiary/aromatic N) is 6. The summed E-state index contributed by atoms with van der Waals surface area (Å²) in [6.45, 7) is 4.91. The number of aromatic nitrogens is 4. The van der Waals surface area contributed by atoms with E-state index in [2.05, 4.69) is 35.5 Å². The van der Waals surface area contributed by atoms with Crippen LogP contribution in [0, 0.1) is 11.6 Å². The van der Waals surface area contributed by atoms with Crippen LogP contribution < -0.4 is 15.5 Å². The highest BCUT2D eigenvalue weighted by Crippen LogP contribution is 2.23. The van der Waals surface area contributed by atoms with Gasteiger partial charge in [0.15, 0.2) is 11.6 Å². The predicted molar refractivity (Wildman–Crippen MR) is 121 cm³/mol. The molecule has 0 spiro atoms. The summed E-state index contributed by atoms with van der Waals surface area (Å²) in [7, 11) is 1.57. The Morgan fingerprint density at radius 2 is 1.88 bits per heavy atom. The van der Waals surface area contributed by atoms with Gasteiger partial charge in [0, 0.05) is 44.9 Å².